The minimum Gasteiger partial charge on any atom is -0.481 e. The maximum atomic E-state index is 12.2. The van der Waals surface area contributed by atoms with E-state index in [9.17, 15) is 14.7 Å². The second-order valence-electron chi connectivity index (χ2n) is 5.73. The summed E-state index contributed by atoms with van der Waals surface area (Å²) in [5.41, 5.74) is -0.948. The molecule has 1 saturated carbocycles. The van der Waals surface area contributed by atoms with E-state index >= 15 is 0 Å². The van der Waals surface area contributed by atoms with Crippen LogP contribution in [0.4, 0.5) is 4.79 Å². The Balaban J connectivity index is 2.59. The summed E-state index contributed by atoms with van der Waals surface area (Å²) in [5, 5.41) is 21.0. The Morgan fingerprint density at radius 1 is 1.35 bits per heavy atom. The van der Waals surface area contributed by atoms with Gasteiger partial charge >= 0.3 is 12.0 Å². The summed E-state index contributed by atoms with van der Waals surface area (Å²) in [4.78, 5) is 25.1. The molecule has 1 aliphatic rings. The van der Waals surface area contributed by atoms with Crippen LogP contribution < -0.4 is 5.32 Å². The predicted octanol–water partition coefficient (Wildman–Crippen LogP) is 1.43. The van der Waals surface area contributed by atoms with Gasteiger partial charge in [-0.1, -0.05) is 19.8 Å². The van der Waals surface area contributed by atoms with E-state index in [-0.39, 0.29) is 25.2 Å². The molecule has 0 aromatic rings. The second-order valence-corrected chi connectivity index (χ2v) is 5.73. The Morgan fingerprint density at radius 3 is 2.40 bits per heavy atom. The van der Waals surface area contributed by atoms with Crippen molar-refractivity contribution in [1.29, 1.82) is 0 Å². The van der Waals surface area contributed by atoms with Gasteiger partial charge in [0.2, 0.25) is 0 Å². The molecule has 1 fully saturated rings. The van der Waals surface area contributed by atoms with E-state index in [1.807, 2.05) is 0 Å². The molecule has 1 rings (SSSR count). The van der Waals surface area contributed by atoms with Crippen LogP contribution in [-0.4, -0.2) is 52.9 Å². The van der Waals surface area contributed by atoms with Crippen LogP contribution in [0.2, 0.25) is 0 Å². The molecule has 0 radical (unpaired) electrons. The quantitative estimate of drug-likeness (QED) is 0.660. The number of hydrogen-bond donors (Lipinski definition) is 3. The summed E-state index contributed by atoms with van der Waals surface area (Å²) in [6, 6.07) is -0.105. The summed E-state index contributed by atoms with van der Waals surface area (Å²) in [5.74, 6) is -0.908. The van der Waals surface area contributed by atoms with Gasteiger partial charge in [-0.2, -0.15) is 0 Å². The third kappa shape index (κ3) is 4.10. The fourth-order valence-corrected chi connectivity index (χ4v) is 2.50. The van der Waals surface area contributed by atoms with E-state index in [1.165, 1.54) is 0 Å². The van der Waals surface area contributed by atoms with Crippen molar-refractivity contribution in [2.75, 3.05) is 19.7 Å². The molecule has 1 atom stereocenters. The molecular weight excluding hydrogens is 260 g/mol. The first-order valence-corrected chi connectivity index (χ1v) is 7.33. The van der Waals surface area contributed by atoms with Crippen LogP contribution in [0.15, 0.2) is 0 Å². The highest BCUT2D eigenvalue weighted by Crippen LogP contribution is 2.24. The highest BCUT2D eigenvalue weighted by molar-refractivity contribution is 5.78. The molecular formula is C14H26N2O4. The Hall–Kier alpha value is -1.30. The number of amides is 2. The molecule has 116 valence electrons. The zero-order valence-electron chi connectivity index (χ0n) is 12.4. The third-order valence-corrected chi connectivity index (χ3v) is 4.29. The highest BCUT2D eigenvalue weighted by atomic mass is 16.4. The smallest absolute Gasteiger partial charge is 0.317 e. The van der Waals surface area contributed by atoms with Crippen LogP contribution in [0.3, 0.4) is 0 Å². The molecule has 0 aromatic carbocycles. The summed E-state index contributed by atoms with van der Waals surface area (Å²) in [6.07, 6.45) is 4.56. The van der Waals surface area contributed by atoms with E-state index < -0.39 is 11.4 Å². The van der Waals surface area contributed by atoms with Gasteiger partial charge in [0.1, 0.15) is 0 Å². The van der Waals surface area contributed by atoms with Crippen LogP contribution in [-0.2, 0) is 4.79 Å². The van der Waals surface area contributed by atoms with Gasteiger partial charge in [-0.05, 0) is 26.2 Å². The maximum absolute atomic E-state index is 12.2. The van der Waals surface area contributed by atoms with Crippen molar-refractivity contribution in [2.45, 2.75) is 52.0 Å². The Kier molecular flexibility index (Phi) is 6.26. The van der Waals surface area contributed by atoms with Crippen molar-refractivity contribution in [3.05, 3.63) is 0 Å². The number of carboxylic acid groups (broad SMARTS) is 1. The molecule has 1 unspecified atom stereocenters. The largest absolute Gasteiger partial charge is 0.481 e. The van der Waals surface area contributed by atoms with Crippen LogP contribution in [0.25, 0.3) is 0 Å². The summed E-state index contributed by atoms with van der Waals surface area (Å²) in [7, 11) is 0. The molecule has 6 heteroatoms. The van der Waals surface area contributed by atoms with Crippen molar-refractivity contribution >= 4 is 12.0 Å². The van der Waals surface area contributed by atoms with Gasteiger partial charge in [0.05, 0.1) is 12.0 Å². The average molecular weight is 286 g/mol. The fraction of sp³-hybridized carbons (Fsp3) is 0.857. The van der Waals surface area contributed by atoms with Crippen molar-refractivity contribution in [3.63, 3.8) is 0 Å². The third-order valence-electron chi connectivity index (χ3n) is 4.29. The normalized spacial score (nSPS) is 18.6. The number of rotatable bonds is 7. The second kappa shape index (κ2) is 7.47. The van der Waals surface area contributed by atoms with E-state index in [0.29, 0.717) is 13.0 Å². The summed E-state index contributed by atoms with van der Waals surface area (Å²) in [6.45, 7) is 3.75. The number of carboxylic acids is 1. The van der Waals surface area contributed by atoms with Crippen molar-refractivity contribution in [1.82, 2.24) is 10.2 Å². The zero-order chi connectivity index (χ0) is 15.2. The first-order chi connectivity index (χ1) is 9.44. The number of carbonyl (C=O) groups is 2. The molecule has 2 amide bonds. The van der Waals surface area contributed by atoms with Gasteiger partial charge < -0.3 is 20.4 Å². The molecule has 6 nitrogen and oxygen atoms in total. The van der Waals surface area contributed by atoms with E-state index in [0.717, 1.165) is 25.7 Å². The van der Waals surface area contributed by atoms with Gasteiger partial charge in [0.15, 0.2) is 0 Å². The number of aliphatic carboxylic acids is 1. The average Bonchev–Trinajstić information content (AvgIpc) is 2.95. The van der Waals surface area contributed by atoms with Gasteiger partial charge in [0.25, 0.3) is 0 Å². The zero-order valence-corrected chi connectivity index (χ0v) is 12.4. The van der Waals surface area contributed by atoms with Crippen LogP contribution in [0, 0.1) is 5.41 Å². The van der Waals surface area contributed by atoms with Crippen LogP contribution >= 0.6 is 0 Å². The molecule has 0 bridgehead atoms. The Labute approximate surface area is 120 Å². The van der Waals surface area contributed by atoms with Gasteiger partial charge in [0, 0.05) is 19.1 Å². The lowest BCUT2D eigenvalue weighted by molar-refractivity contribution is -0.147. The lowest BCUT2D eigenvalue weighted by atomic mass is 9.88. The minimum absolute atomic E-state index is 0.0755. The van der Waals surface area contributed by atoms with Crippen molar-refractivity contribution in [2.24, 2.45) is 5.41 Å². The van der Waals surface area contributed by atoms with Gasteiger partial charge in [-0.15, -0.1) is 0 Å². The molecule has 0 saturated heterocycles. The molecule has 0 aromatic heterocycles. The minimum atomic E-state index is -0.948. The highest BCUT2D eigenvalue weighted by Gasteiger charge is 2.33. The number of aliphatic hydroxyl groups excluding tert-OH is 1. The molecule has 20 heavy (non-hydrogen) atoms. The van der Waals surface area contributed by atoms with Crippen LogP contribution in [0.1, 0.15) is 46.0 Å². The van der Waals surface area contributed by atoms with E-state index in [4.69, 9.17) is 5.11 Å². The number of urea groups is 1. The monoisotopic (exact) mass is 286 g/mol. The lowest BCUT2D eigenvalue weighted by Gasteiger charge is -2.30. The number of nitrogens with one attached hydrogen (secondary N) is 1. The van der Waals surface area contributed by atoms with Gasteiger partial charge in [-0.25, -0.2) is 4.79 Å². The van der Waals surface area contributed by atoms with Crippen LogP contribution in [0.5, 0.6) is 0 Å². The fourth-order valence-electron chi connectivity index (χ4n) is 2.50. The summed E-state index contributed by atoms with van der Waals surface area (Å²) >= 11 is 0. The molecule has 0 aliphatic heterocycles. The molecule has 3 N–H and O–H groups in total. The number of nitrogens with zero attached hydrogens (tertiary/aromatic N) is 1. The molecule has 1 aliphatic carbocycles. The SMILES string of the molecule is CCC(C)(CNC(=O)N(CCO)C1CCCC1)C(=O)O. The number of hydrogen-bond acceptors (Lipinski definition) is 3. The van der Waals surface area contributed by atoms with Gasteiger partial charge in [-0.3, -0.25) is 4.79 Å². The first-order valence-electron chi connectivity index (χ1n) is 7.33. The predicted molar refractivity (Wildman–Crippen MR) is 75.5 cm³/mol. The standard InChI is InChI=1S/C14H26N2O4/c1-3-14(2,12(18)19)10-15-13(20)16(8-9-17)11-6-4-5-7-11/h11,17H,3-10H2,1-2H3,(H,15,20)(H,18,19). The van der Waals surface area contributed by atoms with Crippen molar-refractivity contribution in [3.8, 4) is 0 Å². The van der Waals surface area contributed by atoms with Crippen molar-refractivity contribution < 1.29 is 19.8 Å². The Bertz CT molecular complexity index is 342. The summed E-state index contributed by atoms with van der Waals surface area (Å²) < 4.78 is 0. The first kappa shape index (κ1) is 16.8. The van der Waals surface area contributed by atoms with E-state index in [2.05, 4.69) is 5.32 Å². The lowest BCUT2D eigenvalue weighted by Crippen LogP contribution is -2.50. The topological polar surface area (TPSA) is 89.9 Å². The molecule has 0 heterocycles. The maximum Gasteiger partial charge on any atom is 0.317 e. The Morgan fingerprint density at radius 2 is 1.95 bits per heavy atom. The molecule has 0 spiro atoms. The number of carbonyl (C=O) groups excluding carboxylic acids is 1. The number of aliphatic hydroxyl groups is 1. The van der Waals surface area contributed by atoms with E-state index in [1.54, 1.807) is 18.7 Å².